The SMILES string of the molecule is O=C(OC(c1ccccc1)c1ccccc1Br)c1ncn(-c2ccccc2)n1. The van der Waals surface area contributed by atoms with Crippen LogP contribution in [0.25, 0.3) is 5.69 Å². The number of carbonyl (C=O) groups excluding carboxylic acids is 1. The number of benzene rings is 3. The van der Waals surface area contributed by atoms with Crippen LogP contribution in [0.4, 0.5) is 0 Å². The van der Waals surface area contributed by atoms with Crippen molar-refractivity contribution in [2.24, 2.45) is 0 Å². The largest absolute Gasteiger partial charge is 0.447 e. The van der Waals surface area contributed by atoms with Crippen LogP contribution < -0.4 is 0 Å². The van der Waals surface area contributed by atoms with Crippen molar-refractivity contribution in [3.63, 3.8) is 0 Å². The standard InChI is InChI=1S/C22H16BrN3O2/c23-19-14-8-7-13-18(19)20(16-9-3-1-4-10-16)28-22(27)21-24-15-26(25-21)17-11-5-2-6-12-17/h1-15,20H. The summed E-state index contributed by atoms with van der Waals surface area (Å²) in [6, 6.07) is 26.7. The van der Waals surface area contributed by atoms with Crippen molar-refractivity contribution in [2.45, 2.75) is 6.10 Å². The highest BCUT2D eigenvalue weighted by atomic mass is 79.9. The van der Waals surface area contributed by atoms with E-state index in [9.17, 15) is 4.79 Å². The van der Waals surface area contributed by atoms with Crippen LogP contribution in [0.15, 0.2) is 95.7 Å². The molecule has 0 spiro atoms. The second-order valence-electron chi connectivity index (χ2n) is 6.07. The van der Waals surface area contributed by atoms with Gasteiger partial charge in [0.2, 0.25) is 0 Å². The highest BCUT2D eigenvalue weighted by molar-refractivity contribution is 9.10. The zero-order valence-corrected chi connectivity index (χ0v) is 16.4. The number of hydrogen-bond donors (Lipinski definition) is 0. The Kier molecular flexibility index (Phi) is 5.30. The number of hydrogen-bond acceptors (Lipinski definition) is 4. The van der Waals surface area contributed by atoms with E-state index in [1.807, 2.05) is 84.9 Å². The van der Waals surface area contributed by atoms with E-state index in [1.165, 1.54) is 6.33 Å². The first-order valence-corrected chi connectivity index (χ1v) is 9.49. The van der Waals surface area contributed by atoms with Crippen molar-refractivity contribution >= 4 is 21.9 Å². The van der Waals surface area contributed by atoms with Crippen molar-refractivity contribution in [2.75, 3.05) is 0 Å². The van der Waals surface area contributed by atoms with E-state index in [0.29, 0.717) is 0 Å². The summed E-state index contributed by atoms with van der Waals surface area (Å²) in [4.78, 5) is 16.9. The molecule has 6 heteroatoms. The van der Waals surface area contributed by atoms with Crippen LogP contribution in [0, 0.1) is 0 Å². The summed E-state index contributed by atoms with van der Waals surface area (Å²) >= 11 is 3.55. The van der Waals surface area contributed by atoms with Crippen molar-refractivity contribution in [1.82, 2.24) is 14.8 Å². The number of ether oxygens (including phenoxy) is 1. The third-order valence-electron chi connectivity index (χ3n) is 4.21. The zero-order valence-electron chi connectivity index (χ0n) is 14.8. The Labute approximate surface area is 170 Å². The fourth-order valence-electron chi connectivity index (χ4n) is 2.85. The molecule has 0 bridgehead atoms. The predicted molar refractivity (Wildman–Crippen MR) is 109 cm³/mol. The first kappa shape index (κ1) is 18.1. The predicted octanol–water partition coefficient (Wildman–Crippen LogP) is 4.98. The van der Waals surface area contributed by atoms with Gasteiger partial charge in [-0.2, -0.15) is 0 Å². The summed E-state index contributed by atoms with van der Waals surface area (Å²) in [5.74, 6) is -0.573. The Morgan fingerprint density at radius 2 is 1.54 bits per heavy atom. The van der Waals surface area contributed by atoms with E-state index < -0.39 is 12.1 Å². The number of halogens is 1. The van der Waals surface area contributed by atoms with E-state index in [4.69, 9.17) is 4.74 Å². The molecular weight excluding hydrogens is 418 g/mol. The highest BCUT2D eigenvalue weighted by Crippen LogP contribution is 2.32. The van der Waals surface area contributed by atoms with E-state index >= 15 is 0 Å². The van der Waals surface area contributed by atoms with Crippen LogP contribution in [0.5, 0.6) is 0 Å². The van der Waals surface area contributed by atoms with Gasteiger partial charge in [0.05, 0.1) is 5.69 Å². The molecule has 0 saturated carbocycles. The molecule has 4 rings (SSSR count). The summed E-state index contributed by atoms with van der Waals surface area (Å²) in [5.41, 5.74) is 2.54. The molecule has 0 N–H and O–H groups in total. The minimum absolute atomic E-state index is 0.0110. The van der Waals surface area contributed by atoms with Crippen molar-refractivity contribution in [1.29, 1.82) is 0 Å². The summed E-state index contributed by atoms with van der Waals surface area (Å²) in [6.07, 6.45) is 0.926. The van der Waals surface area contributed by atoms with Gasteiger partial charge in [-0.1, -0.05) is 82.7 Å². The van der Waals surface area contributed by atoms with Crippen molar-refractivity contribution < 1.29 is 9.53 Å². The number of rotatable bonds is 5. The molecule has 0 fully saturated rings. The van der Waals surface area contributed by atoms with Gasteiger partial charge in [-0.25, -0.2) is 14.5 Å². The summed E-state index contributed by atoms with van der Waals surface area (Å²) < 4.78 is 8.24. The van der Waals surface area contributed by atoms with Crippen LogP contribution in [0.2, 0.25) is 0 Å². The topological polar surface area (TPSA) is 57.0 Å². The molecule has 0 amide bonds. The first-order valence-electron chi connectivity index (χ1n) is 8.70. The molecule has 0 aliphatic heterocycles. The molecule has 0 aliphatic rings. The Morgan fingerprint density at radius 1 is 0.893 bits per heavy atom. The lowest BCUT2D eigenvalue weighted by Crippen LogP contribution is -2.15. The van der Waals surface area contributed by atoms with Gasteiger partial charge in [-0.15, -0.1) is 5.10 Å². The Bertz CT molecular complexity index is 1080. The minimum atomic E-state index is -0.584. The number of aromatic nitrogens is 3. The molecule has 1 atom stereocenters. The molecule has 1 heterocycles. The van der Waals surface area contributed by atoms with Crippen LogP contribution >= 0.6 is 15.9 Å². The van der Waals surface area contributed by atoms with Gasteiger partial charge in [-0.05, 0) is 23.8 Å². The zero-order chi connectivity index (χ0) is 19.3. The summed E-state index contributed by atoms with van der Waals surface area (Å²) in [6.45, 7) is 0. The molecule has 0 saturated heterocycles. The van der Waals surface area contributed by atoms with E-state index in [-0.39, 0.29) is 5.82 Å². The van der Waals surface area contributed by atoms with Gasteiger partial charge < -0.3 is 4.74 Å². The highest BCUT2D eigenvalue weighted by Gasteiger charge is 2.24. The molecular formula is C22H16BrN3O2. The van der Waals surface area contributed by atoms with Gasteiger partial charge >= 0.3 is 5.97 Å². The Hall–Kier alpha value is -3.25. The molecule has 0 radical (unpaired) electrons. The number of carbonyl (C=O) groups is 1. The van der Waals surface area contributed by atoms with Crippen molar-refractivity contribution in [3.8, 4) is 5.69 Å². The lowest BCUT2D eigenvalue weighted by molar-refractivity contribution is 0.0362. The Morgan fingerprint density at radius 3 is 2.25 bits per heavy atom. The average Bonchev–Trinajstić information content (AvgIpc) is 3.24. The fourth-order valence-corrected chi connectivity index (χ4v) is 3.34. The number of esters is 1. The Balaban J connectivity index is 1.63. The summed E-state index contributed by atoms with van der Waals surface area (Å²) in [7, 11) is 0. The van der Waals surface area contributed by atoms with Crippen LogP contribution in [-0.4, -0.2) is 20.7 Å². The molecule has 28 heavy (non-hydrogen) atoms. The monoisotopic (exact) mass is 433 g/mol. The third-order valence-corrected chi connectivity index (χ3v) is 4.93. The van der Waals surface area contributed by atoms with Gasteiger partial charge in [0.25, 0.3) is 5.82 Å². The van der Waals surface area contributed by atoms with Gasteiger partial charge in [0.1, 0.15) is 6.33 Å². The molecule has 5 nitrogen and oxygen atoms in total. The first-order chi connectivity index (χ1) is 13.7. The number of nitrogens with zero attached hydrogens (tertiary/aromatic N) is 3. The average molecular weight is 434 g/mol. The normalized spacial score (nSPS) is 11.8. The van der Waals surface area contributed by atoms with Gasteiger partial charge in [0.15, 0.2) is 6.10 Å². The smallest absolute Gasteiger partial charge is 0.379 e. The fraction of sp³-hybridized carbons (Fsp3) is 0.0455. The van der Waals surface area contributed by atoms with Crippen LogP contribution in [0.3, 0.4) is 0 Å². The lowest BCUT2D eigenvalue weighted by atomic mass is 10.0. The molecule has 1 aromatic heterocycles. The van der Waals surface area contributed by atoms with Gasteiger partial charge in [-0.3, -0.25) is 0 Å². The molecule has 0 aliphatic carbocycles. The molecule has 138 valence electrons. The third kappa shape index (κ3) is 3.87. The maximum absolute atomic E-state index is 12.8. The van der Waals surface area contributed by atoms with E-state index in [2.05, 4.69) is 26.0 Å². The number of para-hydroxylation sites is 1. The maximum atomic E-state index is 12.8. The molecule has 3 aromatic carbocycles. The second-order valence-corrected chi connectivity index (χ2v) is 6.92. The summed E-state index contributed by atoms with van der Waals surface area (Å²) in [5, 5.41) is 4.26. The molecule has 4 aromatic rings. The van der Waals surface area contributed by atoms with Crippen LogP contribution in [-0.2, 0) is 4.74 Å². The second kappa shape index (κ2) is 8.19. The van der Waals surface area contributed by atoms with Gasteiger partial charge in [0, 0.05) is 10.0 Å². The maximum Gasteiger partial charge on any atom is 0.379 e. The van der Waals surface area contributed by atoms with Crippen molar-refractivity contribution in [3.05, 3.63) is 113 Å². The van der Waals surface area contributed by atoms with E-state index in [1.54, 1.807) is 4.68 Å². The van der Waals surface area contributed by atoms with Crippen LogP contribution in [0.1, 0.15) is 27.8 Å². The molecule has 1 unspecified atom stereocenters. The van der Waals surface area contributed by atoms with E-state index in [0.717, 1.165) is 21.3 Å². The lowest BCUT2D eigenvalue weighted by Gasteiger charge is -2.19. The quantitative estimate of drug-likeness (QED) is 0.416. The minimum Gasteiger partial charge on any atom is -0.447 e.